The van der Waals surface area contributed by atoms with E-state index in [1.54, 1.807) is 6.20 Å². The highest BCUT2D eigenvalue weighted by Gasteiger charge is 2.40. The van der Waals surface area contributed by atoms with E-state index in [-0.39, 0.29) is 5.91 Å². The van der Waals surface area contributed by atoms with E-state index in [1.807, 2.05) is 50.2 Å². The number of carbonyl (C=O) groups excluding carboxylic acids is 1. The van der Waals surface area contributed by atoms with Gasteiger partial charge in [-0.2, -0.15) is 0 Å². The van der Waals surface area contributed by atoms with E-state index in [0.29, 0.717) is 5.82 Å². The van der Waals surface area contributed by atoms with E-state index < -0.39 is 5.54 Å². The summed E-state index contributed by atoms with van der Waals surface area (Å²) in [6.45, 7) is 3.82. The standard InChI is InChI=1S/C15H15N3O/c1-10-8-9-16-13-12(10)17-14(19)15(2,18-13)11-6-4-3-5-7-11/h3-9H,1-2H3,(H,16,18)(H,17,19). The molecule has 1 aromatic heterocycles. The number of hydrogen-bond donors (Lipinski definition) is 2. The molecule has 0 fully saturated rings. The van der Waals surface area contributed by atoms with Crippen LogP contribution in [0.15, 0.2) is 42.6 Å². The summed E-state index contributed by atoms with van der Waals surface area (Å²) in [5, 5.41) is 6.21. The Balaban J connectivity index is 2.09. The number of nitrogens with zero attached hydrogens (tertiary/aromatic N) is 1. The number of benzene rings is 1. The van der Waals surface area contributed by atoms with Gasteiger partial charge in [-0.15, -0.1) is 0 Å². The maximum absolute atomic E-state index is 12.4. The largest absolute Gasteiger partial charge is 0.351 e. The van der Waals surface area contributed by atoms with Crippen molar-refractivity contribution in [2.24, 2.45) is 0 Å². The quantitative estimate of drug-likeness (QED) is 0.821. The van der Waals surface area contributed by atoms with E-state index in [2.05, 4.69) is 15.6 Å². The third-order valence-electron chi connectivity index (χ3n) is 3.57. The maximum atomic E-state index is 12.4. The Bertz CT molecular complexity index is 639. The summed E-state index contributed by atoms with van der Waals surface area (Å²) in [4.78, 5) is 16.7. The average Bonchev–Trinajstić information content (AvgIpc) is 2.42. The fraction of sp³-hybridized carbons (Fsp3) is 0.200. The summed E-state index contributed by atoms with van der Waals surface area (Å²) in [7, 11) is 0. The second-order valence-corrected chi connectivity index (χ2v) is 4.92. The van der Waals surface area contributed by atoms with Crippen LogP contribution in [0.4, 0.5) is 11.5 Å². The smallest absolute Gasteiger partial charge is 0.254 e. The summed E-state index contributed by atoms with van der Waals surface area (Å²) in [6.07, 6.45) is 1.74. The highest BCUT2D eigenvalue weighted by atomic mass is 16.2. The highest BCUT2D eigenvalue weighted by molar-refractivity contribution is 6.06. The van der Waals surface area contributed by atoms with Crippen LogP contribution in [0.5, 0.6) is 0 Å². The molecule has 2 N–H and O–H groups in total. The number of rotatable bonds is 1. The molecule has 0 aliphatic carbocycles. The summed E-state index contributed by atoms with van der Waals surface area (Å²) in [5.74, 6) is 0.647. The highest BCUT2D eigenvalue weighted by Crippen LogP contribution is 2.36. The topological polar surface area (TPSA) is 54.0 Å². The van der Waals surface area contributed by atoms with Gasteiger partial charge in [0, 0.05) is 6.20 Å². The fourth-order valence-electron chi connectivity index (χ4n) is 2.32. The molecule has 1 amide bonds. The van der Waals surface area contributed by atoms with Gasteiger partial charge >= 0.3 is 0 Å². The van der Waals surface area contributed by atoms with Crippen LogP contribution < -0.4 is 10.6 Å². The Hall–Kier alpha value is -2.36. The SMILES string of the molecule is Cc1ccnc2c1NC(=O)C(C)(c1ccccc1)N2. The van der Waals surface area contributed by atoms with E-state index >= 15 is 0 Å². The Labute approximate surface area is 111 Å². The van der Waals surface area contributed by atoms with Crippen molar-refractivity contribution in [3.8, 4) is 0 Å². The van der Waals surface area contributed by atoms with Gasteiger partial charge in [-0.1, -0.05) is 30.3 Å². The van der Waals surface area contributed by atoms with Crippen LogP contribution in [0.1, 0.15) is 18.1 Å². The molecule has 1 aromatic carbocycles. The van der Waals surface area contributed by atoms with Gasteiger partial charge in [-0.05, 0) is 31.0 Å². The van der Waals surface area contributed by atoms with Crippen LogP contribution >= 0.6 is 0 Å². The van der Waals surface area contributed by atoms with Gasteiger partial charge in [0.1, 0.15) is 5.54 Å². The molecule has 0 spiro atoms. The molecule has 4 heteroatoms. The number of aromatic nitrogens is 1. The number of aryl methyl sites for hydroxylation is 1. The van der Waals surface area contributed by atoms with Crippen LogP contribution in [0.2, 0.25) is 0 Å². The first kappa shape index (κ1) is 11.7. The third-order valence-corrected chi connectivity index (χ3v) is 3.57. The van der Waals surface area contributed by atoms with Crippen molar-refractivity contribution in [1.82, 2.24) is 4.98 Å². The first-order valence-corrected chi connectivity index (χ1v) is 6.22. The lowest BCUT2D eigenvalue weighted by atomic mass is 9.89. The van der Waals surface area contributed by atoms with Crippen molar-refractivity contribution in [2.75, 3.05) is 10.6 Å². The Morgan fingerprint density at radius 2 is 1.89 bits per heavy atom. The van der Waals surface area contributed by atoms with Gasteiger partial charge < -0.3 is 10.6 Å². The summed E-state index contributed by atoms with van der Waals surface area (Å²) in [6, 6.07) is 11.5. The number of fused-ring (bicyclic) bond motifs is 1. The average molecular weight is 253 g/mol. The van der Waals surface area contributed by atoms with Crippen molar-refractivity contribution in [3.05, 3.63) is 53.7 Å². The van der Waals surface area contributed by atoms with Gasteiger partial charge in [0.25, 0.3) is 5.91 Å². The first-order valence-electron chi connectivity index (χ1n) is 6.22. The lowest BCUT2D eigenvalue weighted by Gasteiger charge is -2.36. The van der Waals surface area contributed by atoms with Gasteiger partial charge in [-0.3, -0.25) is 4.79 Å². The predicted molar refractivity (Wildman–Crippen MR) is 75.0 cm³/mol. The number of nitrogens with one attached hydrogen (secondary N) is 2. The molecule has 2 aromatic rings. The molecule has 0 saturated heterocycles. The second-order valence-electron chi connectivity index (χ2n) is 4.92. The Kier molecular flexibility index (Phi) is 2.52. The molecule has 1 atom stereocenters. The molecule has 0 radical (unpaired) electrons. The monoisotopic (exact) mass is 253 g/mol. The van der Waals surface area contributed by atoms with Crippen LogP contribution in [0.25, 0.3) is 0 Å². The molecule has 1 unspecified atom stereocenters. The van der Waals surface area contributed by atoms with Crippen molar-refractivity contribution >= 4 is 17.4 Å². The Morgan fingerprint density at radius 3 is 2.63 bits per heavy atom. The molecule has 3 rings (SSSR count). The normalized spacial score (nSPS) is 21.3. The Morgan fingerprint density at radius 1 is 1.16 bits per heavy atom. The van der Waals surface area contributed by atoms with Crippen molar-refractivity contribution in [1.29, 1.82) is 0 Å². The van der Waals surface area contributed by atoms with Gasteiger partial charge in [0.15, 0.2) is 5.82 Å². The van der Waals surface area contributed by atoms with Gasteiger partial charge in [-0.25, -0.2) is 4.98 Å². The van der Waals surface area contributed by atoms with Crippen LogP contribution in [-0.4, -0.2) is 10.9 Å². The summed E-state index contributed by atoms with van der Waals surface area (Å²) >= 11 is 0. The van der Waals surface area contributed by atoms with E-state index in [1.165, 1.54) is 0 Å². The molecular formula is C15H15N3O. The number of anilines is 2. The van der Waals surface area contributed by atoms with Crippen molar-refractivity contribution in [2.45, 2.75) is 19.4 Å². The molecule has 4 nitrogen and oxygen atoms in total. The van der Waals surface area contributed by atoms with Gasteiger partial charge in [0.2, 0.25) is 0 Å². The van der Waals surface area contributed by atoms with Crippen molar-refractivity contribution < 1.29 is 4.79 Å². The minimum absolute atomic E-state index is 0.0673. The third kappa shape index (κ3) is 1.76. The zero-order chi connectivity index (χ0) is 13.5. The van der Waals surface area contributed by atoms with E-state index in [4.69, 9.17) is 0 Å². The minimum atomic E-state index is -0.797. The number of hydrogen-bond acceptors (Lipinski definition) is 3. The molecule has 96 valence electrons. The molecule has 19 heavy (non-hydrogen) atoms. The summed E-state index contributed by atoms with van der Waals surface area (Å²) < 4.78 is 0. The number of carbonyl (C=O) groups is 1. The lowest BCUT2D eigenvalue weighted by molar-refractivity contribution is -0.120. The number of amides is 1. The maximum Gasteiger partial charge on any atom is 0.254 e. The molecule has 0 saturated carbocycles. The van der Waals surface area contributed by atoms with Crippen LogP contribution in [0, 0.1) is 6.92 Å². The molecule has 1 aliphatic rings. The van der Waals surface area contributed by atoms with E-state index in [0.717, 1.165) is 16.8 Å². The lowest BCUT2D eigenvalue weighted by Crippen LogP contribution is -2.48. The first-order chi connectivity index (χ1) is 9.11. The number of pyridine rings is 1. The zero-order valence-electron chi connectivity index (χ0n) is 10.9. The van der Waals surface area contributed by atoms with Crippen LogP contribution in [0.3, 0.4) is 0 Å². The zero-order valence-corrected chi connectivity index (χ0v) is 10.9. The molecule has 1 aliphatic heterocycles. The van der Waals surface area contributed by atoms with Crippen LogP contribution in [-0.2, 0) is 10.3 Å². The molecular weight excluding hydrogens is 238 g/mol. The fourth-order valence-corrected chi connectivity index (χ4v) is 2.32. The predicted octanol–water partition coefficient (Wildman–Crippen LogP) is 2.67. The summed E-state index contributed by atoms with van der Waals surface area (Å²) in [5.41, 5.74) is 1.89. The molecule has 2 heterocycles. The minimum Gasteiger partial charge on any atom is -0.351 e. The van der Waals surface area contributed by atoms with Crippen molar-refractivity contribution in [3.63, 3.8) is 0 Å². The van der Waals surface area contributed by atoms with E-state index in [9.17, 15) is 4.79 Å². The molecule has 0 bridgehead atoms. The van der Waals surface area contributed by atoms with Gasteiger partial charge in [0.05, 0.1) is 5.69 Å². The second kappa shape index (κ2) is 4.09.